The molecule has 1 saturated heterocycles. The minimum Gasteiger partial charge on any atom is -0.458 e. The van der Waals surface area contributed by atoms with Crippen molar-refractivity contribution in [3.05, 3.63) is 35.0 Å². The van der Waals surface area contributed by atoms with E-state index in [4.69, 9.17) is 21.8 Å². The zero-order valence-electron chi connectivity index (χ0n) is 10.8. The lowest BCUT2D eigenvalue weighted by molar-refractivity contribution is 0.225. The molecule has 0 bridgehead atoms. The Kier molecular flexibility index (Phi) is 3.76. The first-order valence-corrected chi connectivity index (χ1v) is 7.91. The van der Waals surface area contributed by atoms with Gasteiger partial charge in [0.2, 0.25) is 0 Å². The summed E-state index contributed by atoms with van der Waals surface area (Å²) in [6.07, 6.45) is 0. The largest absolute Gasteiger partial charge is 0.458 e. The molecule has 5 heteroatoms. The minimum atomic E-state index is -0.110. The number of benzene rings is 1. The average molecular weight is 297 g/mol. The van der Waals surface area contributed by atoms with Crippen LogP contribution in [0.25, 0.3) is 11.0 Å². The second-order valence-corrected chi connectivity index (χ2v) is 6.51. The van der Waals surface area contributed by atoms with Gasteiger partial charge in [0.15, 0.2) is 5.58 Å². The zero-order chi connectivity index (χ0) is 13.4. The van der Waals surface area contributed by atoms with Crippen LogP contribution in [0.1, 0.15) is 11.8 Å². The summed E-state index contributed by atoms with van der Waals surface area (Å²) in [6, 6.07) is 7.99. The Labute approximate surface area is 122 Å². The zero-order valence-corrected chi connectivity index (χ0v) is 12.4. The maximum Gasteiger partial charge on any atom is 0.152 e. The van der Waals surface area contributed by atoms with E-state index in [1.165, 1.54) is 5.75 Å². The Morgan fingerprint density at radius 1 is 1.53 bits per heavy atom. The number of nitrogens with two attached hydrogens (primary N) is 1. The summed E-state index contributed by atoms with van der Waals surface area (Å²) in [7, 11) is 2.12. The topological polar surface area (TPSA) is 42.4 Å². The fourth-order valence-electron chi connectivity index (χ4n) is 2.48. The lowest BCUT2D eigenvalue weighted by Gasteiger charge is -2.35. The van der Waals surface area contributed by atoms with Crippen LogP contribution in [0, 0.1) is 0 Å². The van der Waals surface area contributed by atoms with Gasteiger partial charge in [0.25, 0.3) is 0 Å². The SMILES string of the molecule is CN1CCSCC1C(N)c1cc2cccc(Cl)c2o1. The van der Waals surface area contributed by atoms with E-state index in [-0.39, 0.29) is 6.04 Å². The molecule has 2 atom stereocenters. The number of hydrogen-bond acceptors (Lipinski definition) is 4. The van der Waals surface area contributed by atoms with Gasteiger partial charge < -0.3 is 10.2 Å². The molecule has 3 nitrogen and oxygen atoms in total. The number of rotatable bonds is 2. The molecular formula is C14H17ClN2OS. The van der Waals surface area contributed by atoms with Crippen LogP contribution >= 0.6 is 23.4 Å². The quantitative estimate of drug-likeness (QED) is 0.924. The molecule has 0 spiro atoms. The monoisotopic (exact) mass is 296 g/mol. The van der Waals surface area contributed by atoms with Gasteiger partial charge in [0.05, 0.1) is 11.1 Å². The predicted octanol–water partition coefficient (Wildman–Crippen LogP) is 3.13. The second kappa shape index (κ2) is 5.37. The maximum atomic E-state index is 6.38. The van der Waals surface area contributed by atoms with E-state index < -0.39 is 0 Å². The molecule has 2 unspecified atom stereocenters. The molecule has 102 valence electrons. The third kappa shape index (κ3) is 2.50. The molecule has 2 heterocycles. The molecular weight excluding hydrogens is 280 g/mol. The highest BCUT2D eigenvalue weighted by Crippen LogP contribution is 2.32. The van der Waals surface area contributed by atoms with Crippen LogP contribution in [0.2, 0.25) is 5.02 Å². The van der Waals surface area contributed by atoms with E-state index in [0.717, 1.165) is 29.0 Å². The molecule has 0 aliphatic carbocycles. The number of halogens is 1. The van der Waals surface area contributed by atoms with Gasteiger partial charge in [-0.05, 0) is 19.2 Å². The summed E-state index contributed by atoms with van der Waals surface area (Å²) >= 11 is 8.09. The molecule has 2 N–H and O–H groups in total. The summed E-state index contributed by atoms with van der Waals surface area (Å²) in [6.45, 7) is 1.07. The van der Waals surface area contributed by atoms with Crippen LogP contribution in [0.15, 0.2) is 28.7 Å². The summed E-state index contributed by atoms with van der Waals surface area (Å²) in [5.41, 5.74) is 7.12. The lowest BCUT2D eigenvalue weighted by atomic mass is 10.1. The number of furan rings is 1. The minimum absolute atomic E-state index is 0.110. The van der Waals surface area contributed by atoms with E-state index in [9.17, 15) is 0 Å². The summed E-state index contributed by atoms with van der Waals surface area (Å²) in [5.74, 6) is 3.04. The molecule has 1 aromatic carbocycles. The smallest absolute Gasteiger partial charge is 0.152 e. The van der Waals surface area contributed by atoms with Crippen LogP contribution in [0.3, 0.4) is 0 Å². The lowest BCUT2D eigenvalue weighted by Crippen LogP contribution is -2.46. The number of nitrogens with zero attached hydrogens (tertiary/aromatic N) is 1. The van der Waals surface area contributed by atoms with E-state index in [1.807, 2.05) is 36.0 Å². The number of para-hydroxylation sites is 1. The van der Waals surface area contributed by atoms with Crippen molar-refractivity contribution in [1.29, 1.82) is 0 Å². The van der Waals surface area contributed by atoms with E-state index in [2.05, 4.69) is 11.9 Å². The number of likely N-dealkylation sites (N-methyl/N-ethyl adjacent to an activating group) is 1. The first-order valence-electron chi connectivity index (χ1n) is 6.38. The molecule has 0 saturated carbocycles. The second-order valence-electron chi connectivity index (χ2n) is 4.96. The first-order chi connectivity index (χ1) is 9.16. The third-order valence-corrected chi connectivity index (χ3v) is 5.05. The number of thioether (sulfide) groups is 1. The highest BCUT2D eigenvalue weighted by atomic mass is 35.5. The third-order valence-electron chi connectivity index (χ3n) is 3.70. The normalized spacial score (nSPS) is 22.8. The molecule has 19 heavy (non-hydrogen) atoms. The average Bonchev–Trinajstić information content (AvgIpc) is 2.84. The van der Waals surface area contributed by atoms with Crippen molar-refractivity contribution in [1.82, 2.24) is 4.90 Å². The summed E-state index contributed by atoms with van der Waals surface area (Å²) < 4.78 is 5.87. The van der Waals surface area contributed by atoms with E-state index in [1.54, 1.807) is 0 Å². The Morgan fingerprint density at radius 2 is 2.37 bits per heavy atom. The van der Waals surface area contributed by atoms with Gasteiger partial charge >= 0.3 is 0 Å². The van der Waals surface area contributed by atoms with E-state index in [0.29, 0.717) is 11.1 Å². The fourth-order valence-corrected chi connectivity index (χ4v) is 3.99. The highest BCUT2D eigenvalue weighted by Gasteiger charge is 2.28. The Balaban J connectivity index is 1.92. The van der Waals surface area contributed by atoms with Gasteiger partial charge in [-0.1, -0.05) is 23.7 Å². The van der Waals surface area contributed by atoms with Crippen molar-refractivity contribution in [3.8, 4) is 0 Å². The van der Waals surface area contributed by atoms with Crippen LogP contribution < -0.4 is 5.73 Å². The Hall–Kier alpha value is -0.680. The van der Waals surface area contributed by atoms with Crippen LogP contribution in [0.5, 0.6) is 0 Å². The van der Waals surface area contributed by atoms with Crippen molar-refractivity contribution in [2.75, 3.05) is 25.1 Å². The van der Waals surface area contributed by atoms with Crippen molar-refractivity contribution < 1.29 is 4.42 Å². The van der Waals surface area contributed by atoms with Crippen LogP contribution in [-0.4, -0.2) is 36.0 Å². The Bertz CT molecular complexity index is 586. The Morgan fingerprint density at radius 3 is 3.11 bits per heavy atom. The maximum absolute atomic E-state index is 6.38. The number of fused-ring (bicyclic) bond motifs is 1. The van der Waals surface area contributed by atoms with Crippen molar-refractivity contribution in [3.63, 3.8) is 0 Å². The van der Waals surface area contributed by atoms with Crippen molar-refractivity contribution in [2.24, 2.45) is 5.73 Å². The van der Waals surface area contributed by atoms with Crippen LogP contribution in [-0.2, 0) is 0 Å². The molecule has 3 rings (SSSR count). The van der Waals surface area contributed by atoms with E-state index >= 15 is 0 Å². The molecule has 2 aromatic rings. The summed E-state index contributed by atoms with van der Waals surface area (Å²) in [4.78, 5) is 2.32. The molecule has 1 aliphatic rings. The predicted molar refractivity (Wildman–Crippen MR) is 81.9 cm³/mol. The van der Waals surface area contributed by atoms with Gasteiger partial charge in [0, 0.05) is 29.5 Å². The van der Waals surface area contributed by atoms with Crippen molar-refractivity contribution in [2.45, 2.75) is 12.1 Å². The molecule has 0 amide bonds. The highest BCUT2D eigenvalue weighted by molar-refractivity contribution is 7.99. The summed E-state index contributed by atoms with van der Waals surface area (Å²) in [5, 5.41) is 1.66. The van der Waals surface area contributed by atoms with Gasteiger partial charge in [0.1, 0.15) is 5.76 Å². The standard InChI is InChI=1S/C14H17ClN2OS/c1-17-5-6-19-8-11(17)13(16)12-7-9-3-2-4-10(15)14(9)18-12/h2-4,7,11,13H,5-6,8,16H2,1H3. The molecule has 1 fully saturated rings. The van der Waals surface area contributed by atoms with Gasteiger partial charge in [-0.15, -0.1) is 0 Å². The van der Waals surface area contributed by atoms with Crippen LogP contribution in [0.4, 0.5) is 0 Å². The molecule has 0 radical (unpaired) electrons. The van der Waals surface area contributed by atoms with Gasteiger partial charge in [-0.3, -0.25) is 4.90 Å². The molecule has 1 aromatic heterocycles. The molecule has 1 aliphatic heterocycles. The first kappa shape index (κ1) is 13.3. The van der Waals surface area contributed by atoms with Gasteiger partial charge in [-0.25, -0.2) is 0 Å². The van der Waals surface area contributed by atoms with Crippen molar-refractivity contribution >= 4 is 34.3 Å². The fraction of sp³-hybridized carbons (Fsp3) is 0.429. The number of hydrogen-bond donors (Lipinski definition) is 1. The van der Waals surface area contributed by atoms with Gasteiger partial charge in [-0.2, -0.15) is 11.8 Å².